The first-order chi connectivity index (χ1) is 7.38. The van der Waals surface area contributed by atoms with E-state index in [2.05, 4.69) is 47.2 Å². The fourth-order valence-electron chi connectivity index (χ4n) is 1.49. The van der Waals surface area contributed by atoms with E-state index < -0.39 is 0 Å². The third kappa shape index (κ3) is 4.30. The molecule has 0 aliphatic rings. The summed E-state index contributed by atoms with van der Waals surface area (Å²) < 4.78 is 2.07. The standard InChI is InChI=1S/C12H21N3/c1-3-5-6-8-13-11-12-7-9-14-15(12)10-4-2/h3,5,7,9,13H,4,6,8,10-11H2,1-2H3/b5-3+. The van der Waals surface area contributed by atoms with Crippen LogP contribution in [0.15, 0.2) is 24.4 Å². The van der Waals surface area contributed by atoms with Gasteiger partial charge in [0.05, 0.1) is 5.69 Å². The van der Waals surface area contributed by atoms with Crippen LogP contribution in [0, 0.1) is 0 Å². The molecule has 1 aromatic rings. The predicted octanol–water partition coefficient (Wildman–Crippen LogP) is 2.35. The highest BCUT2D eigenvalue weighted by Gasteiger charge is 1.99. The van der Waals surface area contributed by atoms with Crippen LogP contribution in [0.3, 0.4) is 0 Å². The largest absolute Gasteiger partial charge is 0.311 e. The van der Waals surface area contributed by atoms with E-state index in [0.717, 1.165) is 32.5 Å². The van der Waals surface area contributed by atoms with Crippen molar-refractivity contribution in [3.63, 3.8) is 0 Å². The smallest absolute Gasteiger partial charge is 0.0522 e. The molecule has 0 saturated carbocycles. The normalized spacial score (nSPS) is 11.3. The van der Waals surface area contributed by atoms with Gasteiger partial charge in [-0.1, -0.05) is 19.1 Å². The highest BCUT2D eigenvalue weighted by atomic mass is 15.3. The lowest BCUT2D eigenvalue weighted by Crippen LogP contribution is -2.17. The summed E-state index contributed by atoms with van der Waals surface area (Å²) in [6.45, 7) is 7.18. The summed E-state index contributed by atoms with van der Waals surface area (Å²) in [6.07, 6.45) is 8.36. The first-order valence-electron chi connectivity index (χ1n) is 5.71. The van der Waals surface area contributed by atoms with E-state index in [9.17, 15) is 0 Å². The maximum absolute atomic E-state index is 4.28. The summed E-state index contributed by atoms with van der Waals surface area (Å²) in [6, 6.07) is 2.08. The lowest BCUT2D eigenvalue weighted by molar-refractivity contribution is 0.551. The zero-order chi connectivity index (χ0) is 10.9. The second-order valence-corrected chi connectivity index (χ2v) is 3.58. The Balaban J connectivity index is 2.27. The van der Waals surface area contributed by atoms with Gasteiger partial charge in [0.25, 0.3) is 0 Å². The summed E-state index contributed by atoms with van der Waals surface area (Å²) in [4.78, 5) is 0. The average molecular weight is 207 g/mol. The second kappa shape index (κ2) is 7.23. The fourth-order valence-corrected chi connectivity index (χ4v) is 1.49. The summed E-state index contributed by atoms with van der Waals surface area (Å²) >= 11 is 0. The Morgan fingerprint density at radius 1 is 1.53 bits per heavy atom. The molecule has 0 spiro atoms. The monoisotopic (exact) mass is 207 g/mol. The number of nitrogens with one attached hydrogen (secondary N) is 1. The molecule has 0 atom stereocenters. The molecule has 0 aliphatic heterocycles. The number of hydrogen-bond acceptors (Lipinski definition) is 2. The van der Waals surface area contributed by atoms with Gasteiger partial charge in [0, 0.05) is 19.3 Å². The van der Waals surface area contributed by atoms with E-state index in [1.165, 1.54) is 5.69 Å². The Bertz CT molecular complexity index is 289. The van der Waals surface area contributed by atoms with Gasteiger partial charge in [-0.25, -0.2) is 0 Å². The Hall–Kier alpha value is -1.09. The van der Waals surface area contributed by atoms with E-state index >= 15 is 0 Å². The highest BCUT2D eigenvalue weighted by Crippen LogP contribution is 1.99. The van der Waals surface area contributed by atoms with Gasteiger partial charge in [0.15, 0.2) is 0 Å². The van der Waals surface area contributed by atoms with Gasteiger partial charge < -0.3 is 5.32 Å². The molecule has 0 bridgehead atoms. The minimum Gasteiger partial charge on any atom is -0.311 e. The van der Waals surface area contributed by atoms with Crippen LogP contribution in [0.5, 0.6) is 0 Å². The molecule has 15 heavy (non-hydrogen) atoms. The Kier molecular flexibility index (Phi) is 5.78. The van der Waals surface area contributed by atoms with Crippen molar-refractivity contribution < 1.29 is 0 Å². The third-order valence-electron chi connectivity index (χ3n) is 2.27. The number of aryl methyl sites for hydroxylation is 1. The van der Waals surface area contributed by atoms with Crippen LogP contribution in [0.1, 0.15) is 32.4 Å². The Morgan fingerprint density at radius 3 is 3.13 bits per heavy atom. The molecule has 84 valence electrons. The molecule has 3 heteroatoms. The number of aromatic nitrogens is 2. The van der Waals surface area contributed by atoms with Crippen molar-refractivity contribution >= 4 is 0 Å². The van der Waals surface area contributed by atoms with Crippen molar-refractivity contribution in [2.45, 2.75) is 39.8 Å². The van der Waals surface area contributed by atoms with Crippen LogP contribution < -0.4 is 5.32 Å². The SMILES string of the molecule is C/C=C/CCNCc1ccnn1CCC. The molecule has 0 aromatic carbocycles. The van der Waals surface area contributed by atoms with Crippen LogP contribution in [-0.4, -0.2) is 16.3 Å². The average Bonchev–Trinajstić information content (AvgIpc) is 2.66. The molecular formula is C12H21N3. The van der Waals surface area contributed by atoms with Gasteiger partial charge in [-0.15, -0.1) is 0 Å². The maximum atomic E-state index is 4.28. The van der Waals surface area contributed by atoms with Gasteiger partial charge in [-0.05, 0) is 32.4 Å². The molecule has 0 saturated heterocycles. The van der Waals surface area contributed by atoms with Crippen LogP contribution >= 0.6 is 0 Å². The lowest BCUT2D eigenvalue weighted by atomic mass is 10.3. The quantitative estimate of drug-likeness (QED) is 0.549. The molecule has 1 aromatic heterocycles. The molecule has 3 nitrogen and oxygen atoms in total. The number of rotatable bonds is 7. The van der Waals surface area contributed by atoms with E-state index in [-0.39, 0.29) is 0 Å². The maximum Gasteiger partial charge on any atom is 0.0522 e. The van der Waals surface area contributed by atoms with E-state index in [1.807, 2.05) is 6.20 Å². The topological polar surface area (TPSA) is 29.9 Å². The zero-order valence-corrected chi connectivity index (χ0v) is 9.74. The third-order valence-corrected chi connectivity index (χ3v) is 2.27. The predicted molar refractivity (Wildman–Crippen MR) is 63.7 cm³/mol. The van der Waals surface area contributed by atoms with Crippen molar-refractivity contribution in [2.75, 3.05) is 6.54 Å². The molecule has 1 rings (SSSR count). The number of allylic oxidation sites excluding steroid dienone is 1. The van der Waals surface area contributed by atoms with Crippen molar-refractivity contribution in [3.8, 4) is 0 Å². The molecule has 1 N–H and O–H groups in total. The first kappa shape index (κ1) is 12.0. The fraction of sp³-hybridized carbons (Fsp3) is 0.583. The minimum atomic E-state index is 0.914. The van der Waals surface area contributed by atoms with Crippen LogP contribution in [0.4, 0.5) is 0 Å². The molecule has 0 unspecified atom stereocenters. The van der Waals surface area contributed by atoms with E-state index in [1.54, 1.807) is 0 Å². The van der Waals surface area contributed by atoms with Gasteiger partial charge in [0.2, 0.25) is 0 Å². The Labute approximate surface area is 92.2 Å². The first-order valence-corrected chi connectivity index (χ1v) is 5.71. The molecular weight excluding hydrogens is 186 g/mol. The number of nitrogens with zero attached hydrogens (tertiary/aromatic N) is 2. The van der Waals surface area contributed by atoms with E-state index in [0.29, 0.717) is 0 Å². The van der Waals surface area contributed by atoms with Crippen LogP contribution in [0.25, 0.3) is 0 Å². The summed E-state index contributed by atoms with van der Waals surface area (Å²) in [5, 5.41) is 7.69. The molecule has 0 amide bonds. The highest BCUT2D eigenvalue weighted by molar-refractivity contribution is 5.00. The van der Waals surface area contributed by atoms with Crippen molar-refractivity contribution in [1.29, 1.82) is 0 Å². The summed E-state index contributed by atoms with van der Waals surface area (Å²) in [5.74, 6) is 0. The van der Waals surface area contributed by atoms with Gasteiger partial charge in [-0.3, -0.25) is 4.68 Å². The second-order valence-electron chi connectivity index (χ2n) is 3.58. The summed E-state index contributed by atoms with van der Waals surface area (Å²) in [7, 11) is 0. The van der Waals surface area contributed by atoms with Crippen LogP contribution in [-0.2, 0) is 13.1 Å². The Morgan fingerprint density at radius 2 is 2.40 bits per heavy atom. The molecule has 0 fully saturated rings. The molecule has 0 aliphatic carbocycles. The van der Waals surface area contributed by atoms with Gasteiger partial charge >= 0.3 is 0 Å². The minimum absolute atomic E-state index is 0.914. The number of hydrogen-bond donors (Lipinski definition) is 1. The lowest BCUT2D eigenvalue weighted by Gasteiger charge is -2.06. The summed E-state index contributed by atoms with van der Waals surface area (Å²) in [5.41, 5.74) is 1.28. The van der Waals surface area contributed by atoms with Gasteiger partial charge in [0.1, 0.15) is 0 Å². The van der Waals surface area contributed by atoms with Crippen LogP contribution in [0.2, 0.25) is 0 Å². The van der Waals surface area contributed by atoms with E-state index in [4.69, 9.17) is 0 Å². The molecule has 1 heterocycles. The zero-order valence-electron chi connectivity index (χ0n) is 9.74. The van der Waals surface area contributed by atoms with Crippen molar-refractivity contribution in [3.05, 3.63) is 30.1 Å². The van der Waals surface area contributed by atoms with Gasteiger partial charge in [-0.2, -0.15) is 5.10 Å². The molecule has 0 radical (unpaired) electrons. The van der Waals surface area contributed by atoms with Crippen molar-refractivity contribution in [1.82, 2.24) is 15.1 Å². The van der Waals surface area contributed by atoms with Crippen molar-refractivity contribution in [2.24, 2.45) is 0 Å².